The number of nitrogens with zero attached hydrogens (tertiary/aromatic N) is 1. The van der Waals surface area contributed by atoms with Crippen molar-refractivity contribution in [2.45, 2.75) is 89.0 Å². The van der Waals surface area contributed by atoms with Gasteiger partial charge in [-0.2, -0.15) is 0 Å². The number of carbonyl (C=O) groups is 2. The van der Waals surface area contributed by atoms with Gasteiger partial charge in [-0.05, 0) is 32.1 Å². The number of morpholine rings is 1. The Labute approximate surface area is 207 Å². The standard InChI is InChI=1S/C26H41NO8/c1-7-23(4)14-17(29)26(32)24(5)16(28)8-9-22(2,3)20(24)19(21(31)25(26,6)35-23)34-18(30)15-27-10-12-33-13-11-27/h7,16,19-21,28,31-32H,1,8-15H2,2-6H3/t16-,19-,20-,21-,23-,24-,25+,26-/m0/s1. The zero-order chi connectivity index (χ0) is 26.0. The predicted molar refractivity (Wildman–Crippen MR) is 126 cm³/mol. The van der Waals surface area contributed by atoms with Gasteiger partial charge >= 0.3 is 5.97 Å². The van der Waals surface area contributed by atoms with Crippen molar-refractivity contribution in [1.82, 2.24) is 4.90 Å². The summed E-state index contributed by atoms with van der Waals surface area (Å²) in [6.45, 7) is 14.8. The molecular formula is C26H41NO8. The van der Waals surface area contributed by atoms with E-state index in [2.05, 4.69) is 6.58 Å². The summed E-state index contributed by atoms with van der Waals surface area (Å²) in [6.07, 6.45) is -1.43. The molecule has 2 aliphatic heterocycles. The van der Waals surface area contributed by atoms with E-state index in [1.807, 2.05) is 18.7 Å². The molecule has 0 unspecified atom stereocenters. The van der Waals surface area contributed by atoms with Crippen LogP contribution in [0.3, 0.4) is 0 Å². The monoisotopic (exact) mass is 495 g/mol. The van der Waals surface area contributed by atoms with Crippen molar-refractivity contribution >= 4 is 11.8 Å². The molecule has 2 saturated carbocycles. The number of Topliss-reactive ketones (excluding diaryl/α,β-unsaturated/α-hetero) is 1. The van der Waals surface area contributed by atoms with Gasteiger partial charge in [-0.1, -0.05) is 26.8 Å². The maximum absolute atomic E-state index is 13.8. The van der Waals surface area contributed by atoms with Gasteiger partial charge in [0, 0.05) is 30.8 Å². The molecule has 0 bridgehead atoms. The highest BCUT2D eigenvalue weighted by molar-refractivity contribution is 5.92. The molecule has 4 rings (SSSR count). The fourth-order valence-electron chi connectivity index (χ4n) is 7.54. The van der Waals surface area contributed by atoms with E-state index in [4.69, 9.17) is 14.2 Å². The average molecular weight is 496 g/mol. The van der Waals surface area contributed by atoms with Gasteiger partial charge < -0.3 is 29.5 Å². The van der Waals surface area contributed by atoms with E-state index in [-0.39, 0.29) is 13.0 Å². The summed E-state index contributed by atoms with van der Waals surface area (Å²) in [7, 11) is 0. The normalized spacial score (nSPS) is 47.9. The van der Waals surface area contributed by atoms with Crippen LogP contribution in [0, 0.1) is 16.7 Å². The maximum Gasteiger partial charge on any atom is 0.320 e. The molecule has 0 amide bonds. The van der Waals surface area contributed by atoms with Crippen LogP contribution in [-0.4, -0.2) is 99.9 Å². The summed E-state index contributed by atoms with van der Waals surface area (Å²) >= 11 is 0. The minimum absolute atomic E-state index is 0.0319. The molecule has 0 aromatic heterocycles. The first-order valence-electron chi connectivity index (χ1n) is 12.6. The van der Waals surface area contributed by atoms with E-state index < -0.39 is 63.6 Å². The number of esters is 1. The number of aliphatic hydroxyl groups is 3. The summed E-state index contributed by atoms with van der Waals surface area (Å²) in [5.41, 5.74) is -7.20. The molecule has 4 fully saturated rings. The summed E-state index contributed by atoms with van der Waals surface area (Å²) in [4.78, 5) is 28.8. The maximum atomic E-state index is 13.8. The molecule has 4 aliphatic rings. The quantitative estimate of drug-likeness (QED) is 0.384. The lowest BCUT2D eigenvalue weighted by Gasteiger charge is -2.71. The van der Waals surface area contributed by atoms with Crippen LogP contribution in [0.5, 0.6) is 0 Å². The van der Waals surface area contributed by atoms with Crippen LogP contribution < -0.4 is 0 Å². The van der Waals surface area contributed by atoms with Gasteiger partial charge in [0.1, 0.15) is 17.8 Å². The minimum Gasteiger partial charge on any atom is -0.458 e. The van der Waals surface area contributed by atoms with Crippen molar-refractivity contribution in [2.24, 2.45) is 16.7 Å². The lowest BCUT2D eigenvalue weighted by atomic mass is 9.40. The lowest BCUT2D eigenvalue weighted by molar-refractivity contribution is -0.370. The molecule has 0 radical (unpaired) electrons. The van der Waals surface area contributed by atoms with Crippen LogP contribution in [0.1, 0.15) is 53.9 Å². The molecule has 9 nitrogen and oxygen atoms in total. The highest BCUT2D eigenvalue weighted by Gasteiger charge is 2.81. The van der Waals surface area contributed by atoms with Crippen molar-refractivity contribution in [2.75, 3.05) is 32.8 Å². The summed E-state index contributed by atoms with van der Waals surface area (Å²) < 4.78 is 17.7. The highest BCUT2D eigenvalue weighted by atomic mass is 16.6. The second kappa shape index (κ2) is 8.60. The fraction of sp³-hybridized carbons (Fsp3) is 0.846. The number of hydrogen-bond donors (Lipinski definition) is 3. The van der Waals surface area contributed by atoms with E-state index in [0.29, 0.717) is 39.1 Å². The number of fused-ring (bicyclic) bond motifs is 3. The van der Waals surface area contributed by atoms with Crippen molar-refractivity contribution in [3.8, 4) is 0 Å². The first-order chi connectivity index (χ1) is 16.2. The molecule has 9 heteroatoms. The smallest absolute Gasteiger partial charge is 0.320 e. The van der Waals surface area contributed by atoms with Gasteiger partial charge in [-0.25, -0.2) is 0 Å². The molecule has 2 aliphatic carbocycles. The van der Waals surface area contributed by atoms with E-state index in [1.165, 1.54) is 13.0 Å². The summed E-state index contributed by atoms with van der Waals surface area (Å²) in [5.74, 6) is -1.74. The van der Waals surface area contributed by atoms with Gasteiger partial charge in [-0.3, -0.25) is 14.5 Å². The minimum atomic E-state index is -2.21. The fourth-order valence-corrected chi connectivity index (χ4v) is 7.54. The molecule has 0 aromatic rings. The number of aliphatic hydroxyl groups excluding tert-OH is 2. The Balaban J connectivity index is 1.80. The molecule has 3 N–H and O–H groups in total. The van der Waals surface area contributed by atoms with Gasteiger partial charge in [0.15, 0.2) is 11.4 Å². The van der Waals surface area contributed by atoms with Crippen LogP contribution in [0.2, 0.25) is 0 Å². The predicted octanol–water partition coefficient (Wildman–Crippen LogP) is 0.832. The number of ether oxygens (including phenoxy) is 3. The van der Waals surface area contributed by atoms with Crippen molar-refractivity contribution in [1.29, 1.82) is 0 Å². The molecule has 35 heavy (non-hydrogen) atoms. The molecule has 0 spiro atoms. The second-order valence-corrected chi connectivity index (χ2v) is 12.1. The number of rotatable bonds is 4. The largest absolute Gasteiger partial charge is 0.458 e. The first-order valence-corrected chi connectivity index (χ1v) is 12.6. The summed E-state index contributed by atoms with van der Waals surface area (Å²) in [5, 5.41) is 35.5. The molecule has 8 atom stereocenters. The third-order valence-corrected chi connectivity index (χ3v) is 9.46. The zero-order valence-corrected chi connectivity index (χ0v) is 21.6. The Hall–Kier alpha value is -1.36. The van der Waals surface area contributed by atoms with Gasteiger partial charge in [0.05, 0.1) is 31.5 Å². The number of ketones is 1. The molecule has 2 saturated heterocycles. The molecule has 198 valence electrons. The van der Waals surface area contributed by atoms with E-state index in [1.54, 1.807) is 13.8 Å². The Morgan fingerprint density at radius 2 is 1.83 bits per heavy atom. The Kier molecular flexibility index (Phi) is 6.56. The van der Waals surface area contributed by atoms with Crippen LogP contribution in [-0.2, 0) is 23.8 Å². The SMILES string of the molecule is C=C[C@@]1(C)CC(=O)[C@]2(O)[C@@]3(C)[C@@H](O)CCC(C)(C)[C@@H]3[C@H](OC(=O)CN3CCOCC3)[C@H](O)[C@@]2(C)O1. The average Bonchev–Trinajstić information content (AvgIpc) is 2.78. The van der Waals surface area contributed by atoms with Crippen molar-refractivity contribution in [3.63, 3.8) is 0 Å². The van der Waals surface area contributed by atoms with Crippen LogP contribution in [0.15, 0.2) is 12.7 Å². The number of carbonyl (C=O) groups excluding carboxylic acids is 2. The molecular weight excluding hydrogens is 454 g/mol. The lowest BCUT2D eigenvalue weighted by Crippen LogP contribution is -2.86. The van der Waals surface area contributed by atoms with Crippen LogP contribution in [0.25, 0.3) is 0 Å². The zero-order valence-electron chi connectivity index (χ0n) is 21.6. The number of hydrogen-bond acceptors (Lipinski definition) is 9. The van der Waals surface area contributed by atoms with E-state index in [9.17, 15) is 24.9 Å². The summed E-state index contributed by atoms with van der Waals surface area (Å²) in [6, 6.07) is 0. The Morgan fingerprint density at radius 3 is 2.43 bits per heavy atom. The Bertz CT molecular complexity index is 887. The first kappa shape index (κ1) is 26.7. The Morgan fingerprint density at radius 1 is 1.20 bits per heavy atom. The van der Waals surface area contributed by atoms with E-state index in [0.717, 1.165) is 0 Å². The topological polar surface area (TPSA) is 126 Å². The van der Waals surface area contributed by atoms with Gasteiger partial charge in [0.25, 0.3) is 0 Å². The van der Waals surface area contributed by atoms with Crippen LogP contribution >= 0.6 is 0 Å². The van der Waals surface area contributed by atoms with Gasteiger partial charge in [0.2, 0.25) is 0 Å². The third-order valence-electron chi connectivity index (χ3n) is 9.46. The second-order valence-electron chi connectivity index (χ2n) is 12.1. The molecule has 0 aromatic carbocycles. The van der Waals surface area contributed by atoms with Gasteiger partial charge in [-0.15, -0.1) is 6.58 Å². The highest BCUT2D eigenvalue weighted by Crippen LogP contribution is 2.67. The van der Waals surface area contributed by atoms with Crippen LogP contribution in [0.4, 0.5) is 0 Å². The van der Waals surface area contributed by atoms with E-state index >= 15 is 0 Å². The third kappa shape index (κ3) is 3.73. The van der Waals surface area contributed by atoms with Crippen molar-refractivity contribution in [3.05, 3.63) is 12.7 Å². The molecule has 2 heterocycles. The van der Waals surface area contributed by atoms with Crippen molar-refractivity contribution < 1.29 is 39.1 Å².